The van der Waals surface area contributed by atoms with E-state index in [1.807, 2.05) is 13.8 Å². The first-order chi connectivity index (χ1) is 5.54. The predicted molar refractivity (Wildman–Crippen MR) is 46.2 cm³/mol. The highest BCUT2D eigenvalue weighted by atomic mass is 31.2. The molecule has 0 saturated heterocycles. The van der Waals surface area contributed by atoms with Crippen molar-refractivity contribution in [3.8, 4) is 0 Å². The second-order valence-electron chi connectivity index (χ2n) is 1.41. The van der Waals surface area contributed by atoms with Crippen LogP contribution in [0.15, 0.2) is 0 Å². The molecular formula is C5H12BO5P. The molecule has 0 bridgehead atoms. The molecule has 2 radical (unpaired) electrons. The van der Waals surface area contributed by atoms with E-state index in [4.69, 9.17) is 14.8 Å². The maximum atomic E-state index is 8.78. The number of hydrogen-bond acceptors (Lipinski definition) is 4. The molecule has 0 heterocycles. The lowest BCUT2D eigenvalue weighted by Gasteiger charge is -2.05. The minimum atomic E-state index is -1.58. The van der Waals surface area contributed by atoms with Crippen molar-refractivity contribution in [1.29, 1.82) is 0 Å². The normalized spacial score (nSPS) is 9.00. The summed E-state index contributed by atoms with van der Waals surface area (Å²) in [5.41, 5.74) is 0. The quantitative estimate of drug-likeness (QED) is 0.517. The van der Waals surface area contributed by atoms with Gasteiger partial charge in [0.25, 0.3) is 0 Å². The molecule has 0 atom stereocenters. The fraction of sp³-hybridized carbons (Fsp3) is 0.800. The molecule has 0 rings (SSSR count). The molecule has 70 valence electrons. The van der Waals surface area contributed by atoms with Crippen molar-refractivity contribution in [2.24, 2.45) is 0 Å². The first-order valence-electron chi connectivity index (χ1n) is 3.27. The van der Waals surface area contributed by atoms with E-state index in [0.717, 1.165) is 0 Å². The Kier molecular flexibility index (Phi) is 13.0. The van der Waals surface area contributed by atoms with Gasteiger partial charge >= 0.3 is 8.60 Å². The van der Waals surface area contributed by atoms with Gasteiger partial charge in [-0.15, -0.1) is 0 Å². The van der Waals surface area contributed by atoms with Gasteiger partial charge < -0.3 is 19.0 Å². The Morgan fingerprint density at radius 1 is 1.42 bits per heavy atom. The van der Waals surface area contributed by atoms with Crippen LogP contribution in [-0.2, 0) is 9.05 Å². The lowest BCUT2D eigenvalue weighted by Crippen LogP contribution is -1.87. The van der Waals surface area contributed by atoms with Crippen LogP contribution in [0.5, 0.6) is 0 Å². The zero-order valence-electron chi connectivity index (χ0n) is 7.06. The second kappa shape index (κ2) is 10.8. The minimum Gasteiger partial charge on any atom is -0.490 e. The summed E-state index contributed by atoms with van der Waals surface area (Å²) in [5.74, 6) is -1.33. The molecule has 0 aliphatic rings. The smallest absolute Gasteiger partial charge is 0.329 e. The Balaban J connectivity index is 0. The molecule has 0 saturated carbocycles. The van der Waals surface area contributed by atoms with E-state index >= 15 is 0 Å². The largest absolute Gasteiger partial charge is 0.490 e. The Morgan fingerprint density at radius 2 is 1.67 bits per heavy atom. The first kappa shape index (κ1) is 14.4. The third kappa shape index (κ3) is 22.5. The van der Waals surface area contributed by atoms with Gasteiger partial charge in [0.2, 0.25) is 13.7 Å². The Hall–Kier alpha value is -0.155. The Bertz CT molecular complexity index is 102. The molecule has 0 aromatic carbocycles. The van der Waals surface area contributed by atoms with E-state index in [9.17, 15) is 0 Å². The minimum absolute atomic E-state index is 0.502. The molecule has 0 aromatic rings. The molecule has 0 unspecified atom stereocenters. The molecule has 0 aliphatic heterocycles. The highest BCUT2D eigenvalue weighted by Gasteiger charge is 2.00. The van der Waals surface area contributed by atoms with E-state index in [0.29, 0.717) is 13.2 Å². The SMILES string of the molecule is CCOP(O)OCC.[B]C(=O)O. The summed E-state index contributed by atoms with van der Waals surface area (Å²) in [7, 11) is 2.45. The molecule has 0 amide bonds. The third-order valence-corrected chi connectivity index (χ3v) is 1.44. The predicted octanol–water partition coefficient (Wildman–Crippen LogP) is 1.11. The van der Waals surface area contributed by atoms with Crippen LogP contribution >= 0.6 is 8.60 Å². The molecular weight excluding hydrogens is 182 g/mol. The molecule has 0 aliphatic carbocycles. The average Bonchev–Trinajstić information content (AvgIpc) is 1.87. The van der Waals surface area contributed by atoms with Crippen molar-refractivity contribution >= 4 is 22.3 Å². The van der Waals surface area contributed by atoms with E-state index in [2.05, 4.69) is 16.9 Å². The second-order valence-corrected chi connectivity index (χ2v) is 2.40. The van der Waals surface area contributed by atoms with E-state index < -0.39 is 14.5 Å². The molecule has 7 heteroatoms. The van der Waals surface area contributed by atoms with Crippen LogP contribution in [0.4, 0.5) is 4.79 Å². The molecule has 5 nitrogen and oxygen atoms in total. The van der Waals surface area contributed by atoms with Gasteiger partial charge in [0.15, 0.2) is 0 Å². The molecule has 2 N–H and O–H groups in total. The van der Waals surface area contributed by atoms with Crippen LogP contribution in [0, 0.1) is 0 Å². The van der Waals surface area contributed by atoms with Gasteiger partial charge in [0, 0.05) is 0 Å². The van der Waals surface area contributed by atoms with Gasteiger partial charge in [-0.3, -0.25) is 4.79 Å². The fourth-order valence-electron chi connectivity index (χ4n) is 0.258. The molecule has 0 aromatic heterocycles. The maximum Gasteiger partial charge on any atom is 0.329 e. The van der Waals surface area contributed by atoms with Gasteiger partial charge in [-0.1, -0.05) is 0 Å². The third-order valence-electron chi connectivity index (χ3n) is 0.479. The topological polar surface area (TPSA) is 76.0 Å². The number of hydrogen-bond donors (Lipinski definition) is 2. The Morgan fingerprint density at radius 3 is 1.83 bits per heavy atom. The van der Waals surface area contributed by atoms with Gasteiger partial charge in [0.05, 0.1) is 13.2 Å². The van der Waals surface area contributed by atoms with Gasteiger partial charge in [0.1, 0.15) is 0 Å². The van der Waals surface area contributed by atoms with E-state index in [1.165, 1.54) is 0 Å². The van der Waals surface area contributed by atoms with E-state index in [1.54, 1.807) is 0 Å². The fourth-order valence-corrected chi connectivity index (χ4v) is 0.774. The van der Waals surface area contributed by atoms with Crippen molar-refractivity contribution in [2.45, 2.75) is 13.8 Å². The van der Waals surface area contributed by atoms with Crippen molar-refractivity contribution in [1.82, 2.24) is 0 Å². The lowest BCUT2D eigenvalue weighted by atomic mass is 10.2. The monoisotopic (exact) mass is 194 g/mol. The zero-order chi connectivity index (χ0) is 9.98. The van der Waals surface area contributed by atoms with Crippen molar-refractivity contribution in [3.63, 3.8) is 0 Å². The summed E-state index contributed by atoms with van der Waals surface area (Å²) < 4.78 is 9.36. The summed E-state index contributed by atoms with van der Waals surface area (Å²) >= 11 is 0. The van der Waals surface area contributed by atoms with Crippen LogP contribution < -0.4 is 0 Å². The summed E-state index contributed by atoms with van der Waals surface area (Å²) in [5, 5.41) is 7.19. The first-order valence-corrected chi connectivity index (χ1v) is 4.40. The average molecular weight is 194 g/mol. The summed E-state index contributed by atoms with van der Waals surface area (Å²) in [4.78, 5) is 17.4. The van der Waals surface area contributed by atoms with Gasteiger partial charge in [-0.25, -0.2) is 0 Å². The van der Waals surface area contributed by atoms with Crippen LogP contribution in [0.25, 0.3) is 0 Å². The van der Waals surface area contributed by atoms with E-state index in [-0.39, 0.29) is 0 Å². The molecule has 0 fully saturated rings. The standard InChI is InChI=1S/C4H11O3P.CHBO2/c1-3-6-8(5)7-4-2;2-1(3)4/h5H,3-4H2,1-2H3;(H,3,4). The summed E-state index contributed by atoms with van der Waals surface area (Å²) in [6, 6.07) is 0. The number of carboxylic acid groups (broad SMARTS) is 1. The van der Waals surface area contributed by atoms with Crippen molar-refractivity contribution in [3.05, 3.63) is 0 Å². The van der Waals surface area contributed by atoms with Crippen LogP contribution in [0.1, 0.15) is 13.8 Å². The number of carbonyl (C=O) groups is 1. The summed E-state index contributed by atoms with van der Waals surface area (Å²) in [6.07, 6.45) is 0. The zero-order valence-corrected chi connectivity index (χ0v) is 7.95. The van der Waals surface area contributed by atoms with Crippen molar-refractivity contribution in [2.75, 3.05) is 13.2 Å². The molecule has 0 spiro atoms. The molecule has 12 heavy (non-hydrogen) atoms. The van der Waals surface area contributed by atoms with Crippen LogP contribution in [-0.4, -0.2) is 36.9 Å². The highest BCUT2D eigenvalue weighted by Crippen LogP contribution is 2.31. The lowest BCUT2D eigenvalue weighted by molar-refractivity contribution is 0.215. The van der Waals surface area contributed by atoms with Crippen LogP contribution in [0.2, 0.25) is 0 Å². The number of rotatable bonds is 4. The van der Waals surface area contributed by atoms with Crippen LogP contribution in [0.3, 0.4) is 0 Å². The van der Waals surface area contributed by atoms with Crippen molar-refractivity contribution < 1.29 is 23.8 Å². The maximum absolute atomic E-state index is 8.78. The highest BCUT2D eigenvalue weighted by molar-refractivity contribution is 7.40. The van der Waals surface area contributed by atoms with Gasteiger partial charge in [-0.05, 0) is 13.8 Å². The van der Waals surface area contributed by atoms with Gasteiger partial charge in [-0.2, -0.15) is 0 Å². The summed E-state index contributed by atoms with van der Waals surface area (Å²) in [6.45, 7) is 4.62. The Labute approximate surface area is 74.1 Å².